The molecule has 2 nitrogen and oxygen atoms in total. The van der Waals surface area contributed by atoms with E-state index in [1.54, 1.807) is 0 Å². The molecule has 1 aliphatic heterocycles. The minimum Gasteiger partial charge on any atom is -0.360 e. The van der Waals surface area contributed by atoms with Crippen LogP contribution in [-0.2, 0) is 0 Å². The second-order valence-corrected chi connectivity index (χ2v) is 5.07. The number of hydrogen-bond acceptors (Lipinski definition) is 2. The van der Waals surface area contributed by atoms with Crippen molar-refractivity contribution in [2.24, 2.45) is 0 Å². The molecule has 1 saturated carbocycles. The van der Waals surface area contributed by atoms with E-state index in [0.717, 1.165) is 5.02 Å². The van der Waals surface area contributed by atoms with Crippen molar-refractivity contribution in [3.63, 3.8) is 0 Å². The molecular weight excluding hydrogens is 220 g/mol. The quantitative estimate of drug-likeness (QED) is 0.791. The van der Waals surface area contributed by atoms with Gasteiger partial charge in [0, 0.05) is 11.1 Å². The second kappa shape index (κ2) is 4.17. The van der Waals surface area contributed by atoms with Crippen molar-refractivity contribution in [2.75, 3.05) is 10.2 Å². The van der Waals surface area contributed by atoms with Crippen LogP contribution in [0.25, 0.3) is 0 Å². The Bertz CT molecular complexity index is 386. The number of benzene rings is 1. The van der Waals surface area contributed by atoms with Crippen LogP contribution in [0.1, 0.15) is 32.1 Å². The predicted molar refractivity (Wildman–Crippen MR) is 68.7 cm³/mol. The van der Waals surface area contributed by atoms with E-state index in [4.69, 9.17) is 11.6 Å². The molecule has 0 bridgehead atoms. The van der Waals surface area contributed by atoms with Gasteiger partial charge in [-0.15, -0.1) is 0 Å². The highest BCUT2D eigenvalue weighted by molar-refractivity contribution is 6.31. The van der Waals surface area contributed by atoms with Gasteiger partial charge in [0.05, 0.1) is 11.4 Å². The van der Waals surface area contributed by atoms with Crippen molar-refractivity contribution in [1.82, 2.24) is 0 Å². The molecule has 2 aliphatic rings. The third kappa shape index (κ3) is 1.75. The van der Waals surface area contributed by atoms with E-state index in [2.05, 4.69) is 29.0 Å². The lowest BCUT2D eigenvalue weighted by molar-refractivity contribution is 0.431. The molecule has 85 valence electrons. The van der Waals surface area contributed by atoms with E-state index in [-0.39, 0.29) is 0 Å². The highest BCUT2D eigenvalue weighted by Gasteiger charge is 2.27. The van der Waals surface area contributed by atoms with Crippen molar-refractivity contribution in [3.8, 4) is 0 Å². The Morgan fingerprint density at radius 1 is 1.19 bits per heavy atom. The Balaban J connectivity index is 1.86. The van der Waals surface area contributed by atoms with Gasteiger partial charge in [0.25, 0.3) is 0 Å². The lowest BCUT2D eigenvalue weighted by Crippen LogP contribution is -2.33. The summed E-state index contributed by atoms with van der Waals surface area (Å²) in [7, 11) is 0. The fourth-order valence-corrected chi connectivity index (χ4v) is 2.88. The Hall–Kier alpha value is -0.890. The fourth-order valence-electron chi connectivity index (χ4n) is 2.71. The van der Waals surface area contributed by atoms with Gasteiger partial charge in [-0.2, -0.15) is 0 Å². The second-order valence-electron chi connectivity index (χ2n) is 4.63. The summed E-state index contributed by atoms with van der Waals surface area (Å²) >= 11 is 6.06. The lowest BCUT2D eigenvalue weighted by Gasteiger charge is -2.31. The predicted octanol–water partition coefficient (Wildman–Crippen LogP) is 4.02. The van der Waals surface area contributed by atoms with Gasteiger partial charge in [-0.25, -0.2) is 0 Å². The Labute approximate surface area is 102 Å². The lowest BCUT2D eigenvalue weighted by atomic mass is 9.94. The summed E-state index contributed by atoms with van der Waals surface area (Å²) < 4.78 is 0. The number of halogens is 1. The molecule has 3 rings (SSSR count). The number of anilines is 2. The number of fused-ring (bicyclic) bond motifs is 1. The molecule has 3 heteroatoms. The number of rotatable bonds is 1. The number of nitrogens with zero attached hydrogens (tertiary/aromatic N) is 1. The molecule has 1 radical (unpaired) electrons. The van der Waals surface area contributed by atoms with E-state index in [1.165, 1.54) is 43.5 Å². The van der Waals surface area contributed by atoms with Gasteiger partial charge in [-0.05, 0) is 31.0 Å². The smallest absolute Gasteiger partial charge is 0.139 e. The summed E-state index contributed by atoms with van der Waals surface area (Å²) in [5.74, 6) is 0. The third-order valence-electron chi connectivity index (χ3n) is 3.57. The number of hydrogen-bond donors (Lipinski definition) is 1. The molecule has 1 fully saturated rings. The summed E-state index contributed by atoms with van der Waals surface area (Å²) in [6, 6.07) is 6.70. The monoisotopic (exact) mass is 235 g/mol. The van der Waals surface area contributed by atoms with Crippen molar-refractivity contribution >= 4 is 23.0 Å². The highest BCUT2D eigenvalue weighted by Crippen LogP contribution is 2.39. The molecule has 0 unspecified atom stereocenters. The van der Waals surface area contributed by atoms with Crippen LogP contribution >= 0.6 is 11.6 Å². The molecule has 0 atom stereocenters. The van der Waals surface area contributed by atoms with Gasteiger partial charge < -0.3 is 10.2 Å². The third-order valence-corrected chi connectivity index (χ3v) is 3.80. The van der Waals surface area contributed by atoms with Crippen molar-refractivity contribution in [1.29, 1.82) is 0 Å². The average Bonchev–Trinajstić information content (AvgIpc) is 2.73. The summed E-state index contributed by atoms with van der Waals surface area (Å²) in [4.78, 5) is 2.36. The zero-order valence-corrected chi connectivity index (χ0v) is 10.0. The first-order valence-electron chi connectivity index (χ1n) is 6.02. The zero-order chi connectivity index (χ0) is 11.0. The van der Waals surface area contributed by atoms with Crippen molar-refractivity contribution in [3.05, 3.63) is 29.9 Å². The van der Waals surface area contributed by atoms with E-state index in [0.29, 0.717) is 6.04 Å². The zero-order valence-electron chi connectivity index (χ0n) is 9.25. The van der Waals surface area contributed by atoms with E-state index < -0.39 is 0 Å². The first-order chi connectivity index (χ1) is 7.84. The highest BCUT2D eigenvalue weighted by atomic mass is 35.5. The molecule has 1 heterocycles. The first kappa shape index (κ1) is 10.3. The largest absolute Gasteiger partial charge is 0.360 e. The molecule has 0 saturated heterocycles. The Morgan fingerprint density at radius 2 is 2.00 bits per heavy atom. The molecular formula is C13H16ClN2. The molecule has 1 aliphatic carbocycles. The average molecular weight is 236 g/mol. The molecule has 0 aromatic heterocycles. The van der Waals surface area contributed by atoms with Crippen LogP contribution in [0.4, 0.5) is 11.4 Å². The van der Waals surface area contributed by atoms with E-state index in [9.17, 15) is 0 Å². The van der Waals surface area contributed by atoms with Gasteiger partial charge in [0.2, 0.25) is 0 Å². The molecule has 1 aromatic rings. The first-order valence-corrected chi connectivity index (χ1v) is 6.40. The maximum atomic E-state index is 6.06. The minimum atomic E-state index is 0.654. The van der Waals surface area contributed by atoms with Crippen molar-refractivity contribution < 1.29 is 0 Å². The normalized spacial score (nSPS) is 20.7. The fraction of sp³-hybridized carbons (Fsp3) is 0.462. The maximum Gasteiger partial charge on any atom is 0.139 e. The van der Waals surface area contributed by atoms with Gasteiger partial charge in [-0.3, -0.25) is 0 Å². The minimum absolute atomic E-state index is 0.654. The topological polar surface area (TPSA) is 15.3 Å². The summed E-state index contributed by atoms with van der Waals surface area (Å²) in [5.41, 5.74) is 2.41. The Morgan fingerprint density at radius 3 is 2.81 bits per heavy atom. The summed E-state index contributed by atoms with van der Waals surface area (Å²) in [6.07, 6.45) is 6.68. The van der Waals surface area contributed by atoms with Crippen LogP contribution in [0.5, 0.6) is 0 Å². The van der Waals surface area contributed by atoms with Crippen LogP contribution in [0, 0.1) is 6.67 Å². The van der Waals surface area contributed by atoms with E-state index in [1.807, 2.05) is 6.07 Å². The summed E-state index contributed by atoms with van der Waals surface area (Å²) in [6.45, 7) is 2.09. The van der Waals surface area contributed by atoms with Gasteiger partial charge >= 0.3 is 0 Å². The van der Waals surface area contributed by atoms with Crippen molar-refractivity contribution in [2.45, 2.75) is 38.1 Å². The maximum absolute atomic E-state index is 6.06. The van der Waals surface area contributed by atoms with Crippen LogP contribution in [0.3, 0.4) is 0 Å². The Kier molecular flexibility index (Phi) is 2.68. The summed E-state index contributed by atoms with van der Waals surface area (Å²) in [5, 5.41) is 4.13. The van der Waals surface area contributed by atoms with Gasteiger partial charge in [0.15, 0.2) is 0 Å². The van der Waals surface area contributed by atoms with Crippen LogP contribution in [-0.4, -0.2) is 6.04 Å². The molecule has 0 amide bonds. The van der Waals surface area contributed by atoms with Crippen LogP contribution < -0.4 is 10.2 Å². The van der Waals surface area contributed by atoms with Gasteiger partial charge in [-0.1, -0.05) is 30.9 Å². The van der Waals surface area contributed by atoms with E-state index >= 15 is 0 Å². The molecule has 1 N–H and O–H groups in total. The number of nitrogens with one attached hydrogen (secondary N) is 1. The standard InChI is InChI=1S/C13H16ClN2/c14-10-6-7-12-13(8-10)16(9-15-12)11-4-2-1-3-5-11/h6-9,11,15H,1-5H2. The van der Waals surface area contributed by atoms with Gasteiger partial charge in [0.1, 0.15) is 6.67 Å². The molecule has 1 aromatic carbocycles. The molecule has 16 heavy (non-hydrogen) atoms. The van der Waals surface area contributed by atoms with Crippen LogP contribution in [0.2, 0.25) is 5.02 Å². The molecule has 0 spiro atoms. The van der Waals surface area contributed by atoms with Crippen LogP contribution in [0.15, 0.2) is 18.2 Å². The SMILES string of the molecule is Clc1ccc2c(c1)N(C1CCCCC1)[CH]N2.